The van der Waals surface area contributed by atoms with Crippen LogP contribution in [0, 0.1) is 0 Å². The van der Waals surface area contributed by atoms with Crippen molar-refractivity contribution in [2.45, 2.75) is 12.1 Å². The van der Waals surface area contributed by atoms with Crippen LogP contribution in [-0.2, 0) is 0 Å². The molecule has 1 N–H and O–H groups in total. The number of para-hydroxylation sites is 1. The first-order valence-corrected chi connectivity index (χ1v) is 15.1. The molecule has 2 atom stereocenters. The molecule has 2 aliphatic rings. The highest BCUT2D eigenvalue weighted by atomic mass is 32.1. The molecular formula is C37H25N3S. The molecule has 41 heavy (non-hydrogen) atoms. The maximum absolute atomic E-state index is 3.94. The summed E-state index contributed by atoms with van der Waals surface area (Å²) >= 11 is 1.93. The van der Waals surface area contributed by atoms with E-state index in [2.05, 4.69) is 137 Å². The van der Waals surface area contributed by atoms with Crippen molar-refractivity contribution in [1.29, 1.82) is 0 Å². The van der Waals surface area contributed by atoms with Gasteiger partial charge in [0.05, 0.1) is 28.8 Å². The second-order valence-electron chi connectivity index (χ2n) is 11.5. The highest BCUT2D eigenvalue weighted by molar-refractivity contribution is 7.26. The molecule has 5 aromatic carbocycles. The summed E-state index contributed by atoms with van der Waals surface area (Å²) in [6.45, 7) is 0. The lowest BCUT2D eigenvalue weighted by molar-refractivity contribution is 0.663. The third-order valence-electron chi connectivity index (χ3n) is 9.36. The zero-order valence-electron chi connectivity index (χ0n) is 22.4. The number of hydrogen-bond acceptors (Lipinski definition) is 3. The number of anilines is 2. The van der Waals surface area contributed by atoms with Crippen molar-refractivity contribution in [3.8, 4) is 11.1 Å². The van der Waals surface area contributed by atoms with Gasteiger partial charge in [-0.15, -0.1) is 11.3 Å². The van der Waals surface area contributed by atoms with E-state index in [0.29, 0.717) is 0 Å². The first kappa shape index (κ1) is 22.0. The molecule has 3 nitrogen and oxygen atoms in total. The van der Waals surface area contributed by atoms with Crippen LogP contribution in [0.3, 0.4) is 0 Å². The molecule has 8 aromatic rings. The molecule has 0 saturated carbocycles. The Hall–Kier alpha value is -4.80. The van der Waals surface area contributed by atoms with Gasteiger partial charge in [-0.25, -0.2) is 0 Å². The lowest BCUT2D eigenvalue weighted by Gasteiger charge is -2.40. The van der Waals surface area contributed by atoms with Crippen molar-refractivity contribution in [2.75, 3.05) is 17.3 Å². The number of thiophene rings is 1. The van der Waals surface area contributed by atoms with Crippen LogP contribution in [0.2, 0.25) is 0 Å². The third-order valence-corrected chi connectivity index (χ3v) is 10.5. The Labute approximate surface area is 240 Å². The molecule has 0 fully saturated rings. The lowest BCUT2D eigenvalue weighted by atomic mass is 9.97. The standard InChI is InChI=1S/C37H25N3S/c1-39-30-16-7-5-14-28(30)38-34-27-20-31-32(33-25-11-4-6-15-29(25)40(35(27)33)37(34)39)26-13-8-12-24(36(26)41-31)23-18-17-21-9-2-3-10-22(21)19-23/h2-20,28,30,38H,1H3. The SMILES string of the molecule is CN1c2c(c3cc4sc5c(-c6ccc7ccccc7c6)cccc5c4c4c5ccccc5n2c34)NC2C=CC=CC21. The summed E-state index contributed by atoms with van der Waals surface area (Å²) in [5, 5.41) is 13.2. The number of nitrogens with one attached hydrogen (secondary N) is 1. The van der Waals surface area contributed by atoms with E-state index in [1.807, 2.05) is 11.3 Å². The number of benzene rings is 5. The van der Waals surface area contributed by atoms with E-state index < -0.39 is 0 Å². The predicted molar refractivity (Wildman–Crippen MR) is 177 cm³/mol. The van der Waals surface area contributed by atoms with Crippen LogP contribution in [0.25, 0.3) is 69.3 Å². The molecule has 0 amide bonds. The van der Waals surface area contributed by atoms with Gasteiger partial charge in [-0.3, -0.25) is 4.40 Å². The summed E-state index contributed by atoms with van der Waals surface area (Å²) in [6.07, 6.45) is 8.94. The Bertz CT molecular complexity index is 2440. The summed E-state index contributed by atoms with van der Waals surface area (Å²) in [5.74, 6) is 1.26. The van der Waals surface area contributed by atoms with Crippen LogP contribution >= 0.6 is 11.3 Å². The zero-order valence-corrected chi connectivity index (χ0v) is 23.2. The highest BCUT2D eigenvalue weighted by Gasteiger charge is 2.36. The molecular weight excluding hydrogens is 518 g/mol. The quantitative estimate of drug-likeness (QED) is 0.222. The van der Waals surface area contributed by atoms with Crippen molar-refractivity contribution in [1.82, 2.24) is 4.40 Å². The summed E-state index contributed by atoms with van der Waals surface area (Å²) in [7, 11) is 2.25. The Kier molecular flexibility index (Phi) is 4.11. The second kappa shape index (κ2) is 7.68. The maximum Gasteiger partial charge on any atom is 0.138 e. The van der Waals surface area contributed by atoms with Gasteiger partial charge in [0.25, 0.3) is 0 Å². The largest absolute Gasteiger partial charge is 0.373 e. The van der Waals surface area contributed by atoms with Gasteiger partial charge in [-0.1, -0.05) is 97.1 Å². The van der Waals surface area contributed by atoms with E-state index in [4.69, 9.17) is 0 Å². The molecule has 10 rings (SSSR count). The summed E-state index contributed by atoms with van der Waals surface area (Å²) in [6, 6.07) is 34.3. The Morgan fingerprint density at radius 3 is 2.51 bits per heavy atom. The van der Waals surface area contributed by atoms with Crippen LogP contribution in [0.1, 0.15) is 0 Å². The van der Waals surface area contributed by atoms with Crippen molar-refractivity contribution < 1.29 is 0 Å². The molecule has 0 bridgehead atoms. The van der Waals surface area contributed by atoms with E-state index in [9.17, 15) is 0 Å². The fourth-order valence-electron chi connectivity index (χ4n) is 7.55. The number of fused-ring (bicyclic) bond motifs is 12. The number of aromatic nitrogens is 1. The van der Waals surface area contributed by atoms with E-state index in [1.165, 1.54) is 80.8 Å². The Morgan fingerprint density at radius 2 is 1.56 bits per heavy atom. The number of rotatable bonds is 1. The van der Waals surface area contributed by atoms with Gasteiger partial charge in [0.1, 0.15) is 5.82 Å². The molecule has 0 spiro atoms. The minimum Gasteiger partial charge on any atom is -0.373 e. The van der Waals surface area contributed by atoms with Crippen LogP contribution in [0.15, 0.2) is 115 Å². The van der Waals surface area contributed by atoms with Crippen molar-refractivity contribution in [2.24, 2.45) is 0 Å². The highest BCUT2D eigenvalue weighted by Crippen LogP contribution is 2.53. The summed E-state index contributed by atoms with van der Waals surface area (Å²) < 4.78 is 5.22. The number of nitrogens with zero attached hydrogens (tertiary/aromatic N) is 2. The minimum absolute atomic E-state index is 0.257. The lowest BCUT2D eigenvalue weighted by Crippen LogP contribution is -2.48. The van der Waals surface area contributed by atoms with Gasteiger partial charge in [0, 0.05) is 43.4 Å². The zero-order chi connectivity index (χ0) is 26.8. The average molecular weight is 544 g/mol. The van der Waals surface area contributed by atoms with Gasteiger partial charge >= 0.3 is 0 Å². The summed E-state index contributed by atoms with van der Waals surface area (Å²) in [5.41, 5.74) is 6.42. The monoisotopic (exact) mass is 543 g/mol. The molecule has 194 valence electrons. The van der Waals surface area contributed by atoms with Gasteiger partial charge in [-0.2, -0.15) is 0 Å². The molecule has 3 aromatic heterocycles. The third kappa shape index (κ3) is 2.73. The molecule has 0 radical (unpaired) electrons. The molecule has 1 aliphatic carbocycles. The molecule has 2 unspecified atom stereocenters. The van der Waals surface area contributed by atoms with Crippen molar-refractivity contribution >= 4 is 81.0 Å². The van der Waals surface area contributed by atoms with Crippen LogP contribution in [0.4, 0.5) is 11.5 Å². The van der Waals surface area contributed by atoms with E-state index in [1.54, 1.807) is 0 Å². The average Bonchev–Trinajstić information content (AvgIpc) is 3.67. The Morgan fingerprint density at radius 1 is 0.732 bits per heavy atom. The fraction of sp³-hybridized carbons (Fsp3) is 0.0811. The second-order valence-corrected chi connectivity index (χ2v) is 12.5. The smallest absolute Gasteiger partial charge is 0.138 e. The van der Waals surface area contributed by atoms with Crippen LogP contribution < -0.4 is 10.2 Å². The van der Waals surface area contributed by atoms with Gasteiger partial charge < -0.3 is 10.2 Å². The molecule has 1 aliphatic heterocycles. The first-order valence-electron chi connectivity index (χ1n) is 14.3. The van der Waals surface area contributed by atoms with Gasteiger partial charge in [0.15, 0.2) is 0 Å². The van der Waals surface area contributed by atoms with Gasteiger partial charge in [-0.05, 0) is 40.1 Å². The number of allylic oxidation sites excluding steroid dienone is 2. The number of likely N-dealkylation sites (N-methyl/N-ethyl adjacent to an activating group) is 1. The first-order chi connectivity index (χ1) is 20.3. The molecule has 4 heteroatoms. The van der Waals surface area contributed by atoms with Crippen molar-refractivity contribution in [3.63, 3.8) is 0 Å². The van der Waals surface area contributed by atoms with E-state index in [0.717, 1.165) is 0 Å². The summed E-state index contributed by atoms with van der Waals surface area (Å²) in [4.78, 5) is 2.46. The molecule has 4 heterocycles. The molecule has 0 saturated heterocycles. The topological polar surface area (TPSA) is 19.7 Å². The van der Waals surface area contributed by atoms with Crippen LogP contribution in [0.5, 0.6) is 0 Å². The predicted octanol–water partition coefficient (Wildman–Crippen LogP) is 9.60. The maximum atomic E-state index is 3.94. The Balaban J connectivity index is 1.34. The van der Waals surface area contributed by atoms with E-state index >= 15 is 0 Å². The van der Waals surface area contributed by atoms with Gasteiger partial charge in [0.2, 0.25) is 0 Å². The van der Waals surface area contributed by atoms with Crippen molar-refractivity contribution in [3.05, 3.63) is 115 Å². The number of hydrogen-bond donors (Lipinski definition) is 1. The fourth-order valence-corrected chi connectivity index (χ4v) is 8.84. The normalized spacial score (nSPS) is 18.3. The van der Waals surface area contributed by atoms with E-state index in [-0.39, 0.29) is 12.1 Å². The minimum atomic E-state index is 0.257. The van der Waals surface area contributed by atoms with Crippen LogP contribution in [-0.4, -0.2) is 23.5 Å².